The predicted molar refractivity (Wildman–Crippen MR) is 99.2 cm³/mol. The van der Waals surface area contributed by atoms with Gasteiger partial charge in [-0.15, -0.1) is 0 Å². The second kappa shape index (κ2) is 7.34. The van der Waals surface area contributed by atoms with Gasteiger partial charge in [-0.1, -0.05) is 6.42 Å². The molecule has 2 saturated carbocycles. The fourth-order valence-corrected chi connectivity index (χ4v) is 5.02. The zero-order valence-corrected chi connectivity index (χ0v) is 16.1. The van der Waals surface area contributed by atoms with E-state index >= 15 is 0 Å². The lowest BCUT2D eigenvalue weighted by atomic mass is 9.95. The van der Waals surface area contributed by atoms with Gasteiger partial charge in [0.25, 0.3) is 5.69 Å². The minimum absolute atomic E-state index is 0.0303. The Morgan fingerprint density at radius 2 is 2.11 bits per heavy atom. The summed E-state index contributed by atoms with van der Waals surface area (Å²) in [4.78, 5) is 23.0. The van der Waals surface area contributed by atoms with Gasteiger partial charge in [0.1, 0.15) is 18.0 Å². The van der Waals surface area contributed by atoms with Crippen LogP contribution in [0.3, 0.4) is 0 Å². The molecule has 0 spiro atoms. The molecule has 2 aliphatic carbocycles. The highest BCUT2D eigenvalue weighted by Crippen LogP contribution is 2.44. The molecule has 0 unspecified atom stereocenters. The van der Waals surface area contributed by atoms with E-state index in [0.29, 0.717) is 11.8 Å². The van der Waals surface area contributed by atoms with Crippen molar-refractivity contribution >= 4 is 27.3 Å². The lowest BCUT2D eigenvalue weighted by Crippen LogP contribution is -2.45. The van der Waals surface area contributed by atoms with Crippen molar-refractivity contribution < 1.29 is 22.9 Å². The normalized spacial score (nSPS) is 23.9. The van der Waals surface area contributed by atoms with E-state index in [0.717, 1.165) is 35.9 Å². The Kier molecular flexibility index (Phi) is 5.27. The molecule has 27 heavy (non-hydrogen) atoms. The number of carbonyl (C=O) groups excluding carboxylic acids is 1. The first kappa shape index (κ1) is 19.4. The second-order valence-electron chi connectivity index (χ2n) is 7.23. The van der Waals surface area contributed by atoms with E-state index < -0.39 is 27.4 Å². The van der Waals surface area contributed by atoms with E-state index in [1.54, 1.807) is 0 Å². The number of nitro groups is 1. The van der Waals surface area contributed by atoms with Gasteiger partial charge in [-0.2, -0.15) is 0 Å². The third kappa shape index (κ3) is 4.15. The summed E-state index contributed by atoms with van der Waals surface area (Å²) in [6.07, 6.45) is 5.27. The summed E-state index contributed by atoms with van der Waals surface area (Å²) in [6, 6.07) is 3.71. The quantitative estimate of drug-likeness (QED) is 0.552. The van der Waals surface area contributed by atoms with Crippen LogP contribution in [-0.4, -0.2) is 45.2 Å². The largest absolute Gasteiger partial charge is 0.495 e. The van der Waals surface area contributed by atoms with Crippen molar-refractivity contribution in [3.63, 3.8) is 0 Å². The third-order valence-electron chi connectivity index (χ3n) is 5.41. The Balaban J connectivity index is 1.83. The van der Waals surface area contributed by atoms with Gasteiger partial charge in [0.05, 0.1) is 18.3 Å². The number of nitrogens with zero attached hydrogens (tertiary/aromatic N) is 2. The number of methoxy groups -OCH3 is 1. The number of ether oxygens (including phenoxy) is 1. The van der Waals surface area contributed by atoms with Crippen LogP contribution in [-0.2, 0) is 14.8 Å². The van der Waals surface area contributed by atoms with Gasteiger partial charge in [-0.05, 0) is 37.2 Å². The number of carbonyl (C=O) groups is 1. The number of nitro benzene ring substituents is 1. The van der Waals surface area contributed by atoms with Crippen LogP contribution in [0.1, 0.15) is 25.7 Å². The number of non-ortho nitro benzene ring substituents is 1. The van der Waals surface area contributed by atoms with Crippen molar-refractivity contribution in [1.29, 1.82) is 0 Å². The van der Waals surface area contributed by atoms with E-state index in [4.69, 9.17) is 4.74 Å². The first-order valence-corrected chi connectivity index (χ1v) is 10.6. The predicted octanol–water partition coefficient (Wildman–Crippen LogP) is 1.67. The van der Waals surface area contributed by atoms with Gasteiger partial charge in [-0.25, -0.2) is 8.42 Å². The zero-order valence-electron chi connectivity index (χ0n) is 15.3. The molecule has 0 saturated heterocycles. The summed E-state index contributed by atoms with van der Waals surface area (Å²) in [6.45, 7) is -0.454. The average molecular weight is 397 g/mol. The minimum Gasteiger partial charge on any atom is -0.495 e. The van der Waals surface area contributed by atoms with Crippen LogP contribution < -0.4 is 14.4 Å². The van der Waals surface area contributed by atoms with Crippen LogP contribution >= 0.6 is 0 Å². The molecule has 2 bridgehead atoms. The Morgan fingerprint density at radius 1 is 1.37 bits per heavy atom. The van der Waals surface area contributed by atoms with Crippen molar-refractivity contribution in [1.82, 2.24) is 5.32 Å². The maximum atomic E-state index is 12.5. The highest BCUT2D eigenvalue weighted by molar-refractivity contribution is 7.92. The molecule has 0 radical (unpaired) electrons. The number of hydrogen-bond acceptors (Lipinski definition) is 6. The summed E-state index contributed by atoms with van der Waals surface area (Å²) in [5.74, 6) is 0.812. The number of nitrogens with one attached hydrogen (secondary N) is 1. The molecule has 0 heterocycles. The number of rotatable bonds is 7. The number of amides is 1. The average Bonchev–Trinajstić information content (AvgIpc) is 3.21. The molecule has 9 nitrogen and oxygen atoms in total. The Morgan fingerprint density at radius 3 is 2.63 bits per heavy atom. The highest BCUT2D eigenvalue weighted by Gasteiger charge is 2.40. The number of hydrogen-bond donors (Lipinski definition) is 1. The highest BCUT2D eigenvalue weighted by atomic mass is 32.2. The van der Waals surface area contributed by atoms with Crippen LogP contribution in [0, 0.1) is 22.0 Å². The topological polar surface area (TPSA) is 119 Å². The van der Waals surface area contributed by atoms with Crippen molar-refractivity contribution in [3.05, 3.63) is 28.3 Å². The molecular formula is C17H23N3O6S. The minimum atomic E-state index is -3.86. The molecule has 1 aromatic carbocycles. The fraction of sp³-hybridized carbons (Fsp3) is 0.588. The van der Waals surface area contributed by atoms with Gasteiger partial charge >= 0.3 is 0 Å². The molecular weight excluding hydrogens is 374 g/mol. The summed E-state index contributed by atoms with van der Waals surface area (Å²) in [5.41, 5.74) is -0.315. The number of benzene rings is 1. The Bertz CT molecular complexity index is 856. The first-order valence-electron chi connectivity index (χ1n) is 8.78. The first-order chi connectivity index (χ1) is 12.7. The monoisotopic (exact) mass is 397 g/mol. The van der Waals surface area contributed by atoms with Gasteiger partial charge in [0.15, 0.2) is 0 Å². The molecule has 148 valence electrons. The molecule has 3 rings (SSSR count). The number of sulfonamides is 1. The number of fused-ring (bicyclic) bond motifs is 2. The standard InChI is InChI=1S/C17H23N3O6S/c1-26-16-6-5-13(20(22)23)9-15(16)19(27(2,24)25)10-17(21)18-14-8-11-3-4-12(14)7-11/h5-6,9,11-12,14H,3-4,7-8,10H2,1-2H3,(H,18,21)/t11-,12-,14+/m0/s1. The van der Waals surface area contributed by atoms with Crippen molar-refractivity contribution in [2.45, 2.75) is 31.7 Å². The van der Waals surface area contributed by atoms with E-state index in [1.807, 2.05) is 0 Å². The van der Waals surface area contributed by atoms with Crippen molar-refractivity contribution in [3.8, 4) is 5.75 Å². The van der Waals surface area contributed by atoms with Gasteiger partial charge in [0, 0.05) is 18.2 Å². The van der Waals surface area contributed by atoms with E-state index in [1.165, 1.54) is 25.7 Å². The van der Waals surface area contributed by atoms with E-state index in [2.05, 4.69) is 5.32 Å². The zero-order chi connectivity index (χ0) is 19.8. The third-order valence-corrected chi connectivity index (χ3v) is 6.54. The molecule has 1 amide bonds. The lowest BCUT2D eigenvalue weighted by molar-refractivity contribution is -0.384. The van der Waals surface area contributed by atoms with Crippen molar-refractivity contribution in [2.75, 3.05) is 24.2 Å². The molecule has 1 N–H and O–H groups in total. The fourth-order valence-electron chi connectivity index (χ4n) is 4.17. The van der Waals surface area contributed by atoms with Gasteiger partial charge in [0.2, 0.25) is 15.9 Å². The summed E-state index contributed by atoms with van der Waals surface area (Å²) in [5, 5.41) is 14.0. The van der Waals surface area contributed by atoms with Crippen LogP contribution in [0.5, 0.6) is 5.75 Å². The summed E-state index contributed by atoms with van der Waals surface area (Å²) < 4.78 is 30.6. The number of anilines is 1. The van der Waals surface area contributed by atoms with E-state index in [9.17, 15) is 23.3 Å². The molecule has 2 aliphatic rings. The van der Waals surface area contributed by atoms with E-state index in [-0.39, 0.29) is 23.2 Å². The Hall–Kier alpha value is -2.36. The van der Waals surface area contributed by atoms with Crippen LogP contribution in [0.4, 0.5) is 11.4 Å². The van der Waals surface area contributed by atoms with Crippen LogP contribution in [0.25, 0.3) is 0 Å². The molecule has 0 aliphatic heterocycles. The lowest BCUT2D eigenvalue weighted by Gasteiger charge is -2.27. The summed E-state index contributed by atoms with van der Waals surface area (Å²) in [7, 11) is -2.53. The Labute approximate surface area is 157 Å². The second-order valence-corrected chi connectivity index (χ2v) is 9.14. The van der Waals surface area contributed by atoms with Crippen LogP contribution in [0.2, 0.25) is 0 Å². The SMILES string of the molecule is COc1ccc([N+](=O)[O-])cc1N(CC(=O)N[C@@H]1C[C@H]2CC[C@H]1C2)S(C)(=O)=O. The maximum Gasteiger partial charge on any atom is 0.271 e. The van der Waals surface area contributed by atoms with Crippen LogP contribution in [0.15, 0.2) is 18.2 Å². The van der Waals surface area contributed by atoms with Crippen molar-refractivity contribution in [2.24, 2.45) is 11.8 Å². The molecule has 10 heteroatoms. The van der Waals surface area contributed by atoms with Gasteiger partial charge in [-0.3, -0.25) is 19.2 Å². The molecule has 3 atom stereocenters. The summed E-state index contributed by atoms with van der Waals surface area (Å²) >= 11 is 0. The molecule has 2 fully saturated rings. The smallest absolute Gasteiger partial charge is 0.271 e. The maximum absolute atomic E-state index is 12.5. The molecule has 1 aromatic rings. The molecule has 0 aromatic heterocycles. The van der Waals surface area contributed by atoms with Gasteiger partial charge < -0.3 is 10.1 Å².